The number of rotatable bonds is 6. The molecule has 0 radical (unpaired) electrons. The highest BCUT2D eigenvalue weighted by atomic mass is 35.5. The zero-order valence-electron chi connectivity index (χ0n) is 15.6. The van der Waals surface area contributed by atoms with E-state index in [1.807, 2.05) is 20.8 Å². The average molecular weight is 391 g/mol. The van der Waals surface area contributed by atoms with E-state index >= 15 is 0 Å². The van der Waals surface area contributed by atoms with Gasteiger partial charge in [0.25, 0.3) is 5.91 Å². The number of carbonyl (C=O) groups is 2. The van der Waals surface area contributed by atoms with E-state index in [1.54, 1.807) is 18.2 Å². The lowest BCUT2D eigenvalue weighted by molar-refractivity contribution is -0.116. The summed E-state index contributed by atoms with van der Waals surface area (Å²) in [6.45, 7) is 5.98. The minimum Gasteiger partial charge on any atom is -0.349 e. The molecule has 3 rings (SSSR count). The van der Waals surface area contributed by atoms with E-state index in [0.29, 0.717) is 34.4 Å². The van der Waals surface area contributed by atoms with Gasteiger partial charge in [-0.3, -0.25) is 9.59 Å². The molecule has 1 aromatic carbocycles. The summed E-state index contributed by atoms with van der Waals surface area (Å²) in [7, 11) is 0. The van der Waals surface area contributed by atoms with Crippen molar-refractivity contribution in [1.82, 2.24) is 15.5 Å². The fraction of sp³-hybridized carbons (Fsp3) is 0.474. The maximum absolute atomic E-state index is 12.2. The molecular formula is C19H23ClN4O3. The van der Waals surface area contributed by atoms with Gasteiger partial charge in [0, 0.05) is 30.0 Å². The Labute approximate surface area is 162 Å². The van der Waals surface area contributed by atoms with Gasteiger partial charge in [-0.25, -0.2) is 0 Å². The molecule has 144 valence electrons. The predicted octanol–water partition coefficient (Wildman–Crippen LogP) is 3.48. The molecule has 1 fully saturated rings. The Bertz CT molecular complexity index is 853. The lowest BCUT2D eigenvalue weighted by Crippen LogP contribution is -2.25. The molecule has 1 aliphatic rings. The molecule has 8 heteroatoms. The smallest absolute Gasteiger partial charge is 0.253 e. The van der Waals surface area contributed by atoms with Crippen molar-refractivity contribution < 1.29 is 14.1 Å². The first-order valence-corrected chi connectivity index (χ1v) is 9.33. The lowest BCUT2D eigenvalue weighted by atomic mass is 9.96. The van der Waals surface area contributed by atoms with E-state index < -0.39 is 0 Å². The van der Waals surface area contributed by atoms with Gasteiger partial charge in [0.1, 0.15) is 0 Å². The fourth-order valence-corrected chi connectivity index (χ4v) is 2.64. The van der Waals surface area contributed by atoms with E-state index in [0.717, 1.165) is 12.8 Å². The van der Waals surface area contributed by atoms with Crippen LogP contribution in [0.2, 0.25) is 5.02 Å². The first kappa shape index (κ1) is 19.4. The van der Waals surface area contributed by atoms with E-state index in [-0.39, 0.29) is 29.7 Å². The number of halogens is 1. The highest BCUT2D eigenvalue weighted by Crippen LogP contribution is 2.24. The van der Waals surface area contributed by atoms with Gasteiger partial charge in [0.05, 0.1) is 10.6 Å². The largest absolute Gasteiger partial charge is 0.349 e. The Morgan fingerprint density at radius 3 is 2.63 bits per heavy atom. The van der Waals surface area contributed by atoms with Gasteiger partial charge in [0.2, 0.25) is 11.8 Å². The number of nitrogens with zero attached hydrogens (tertiary/aromatic N) is 2. The number of hydrogen-bond acceptors (Lipinski definition) is 5. The Balaban J connectivity index is 1.53. The van der Waals surface area contributed by atoms with Crippen LogP contribution >= 0.6 is 11.6 Å². The summed E-state index contributed by atoms with van der Waals surface area (Å²) in [4.78, 5) is 28.5. The van der Waals surface area contributed by atoms with Crippen LogP contribution in [0.4, 0.5) is 5.69 Å². The Morgan fingerprint density at radius 1 is 1.30 bits per heavy atom. The molecule has 2 N–H and O–H groups in total. The zero-order chi connectivity index (χ0) is 19.6. The SMILES string of the molecule is CC(C)(C)c1noc(CCC(=O)Nc2ccc(C(=O)NC3CC3)c(Cl)c2)n1. The van der Waals surface area contributed by atoms with E-state index in [9.17, 15) is 9.59 Å². The fourth-order valence-electron chi connectivity index (χ4n) is 2.37. The Kier molecular flexibility index (Phi) is 5.51. The molecule has 0 bridgehead atoms. The number of benzene rings is 1. The molecule has 1 aromatic heterocycles. The first-order chi connectivity index (χ1) is 12.7. The van der Waals surface area contributed by atoms with Crippen LogP contribution in [0, 0.1) is 0 Å². The van der Waals surface area contributed by atoms with Crippen molar-refractivity contribution in [2.45, 2.75) is 57.9 Å². The van der Waals surface area contributed by atoms with Crippen LogP contribution in [0.3, 0.4) is 0 Å². The summed E-state index contributed by atoms with van der Waals surface area (Å²) in [6, 6.07) is 5.11. The Morgan fingerprint density at radius 2 is 2.04 bits per heavy atom. The number of aromatic nitrogens is 2. The van der Waals surface area contributed by atoms with Crippen molar-refractivity contribution >= 4 is 29.1 Å². The number of aryl methyl sites for hydroxylation is 1. The maximum Gasteiger partial charge on any atom is 0.253 e. The number of amides is 2. The van der Waals surface area contributed by atoms with Crippen molar-refractivity contribution in [2.24, 2.45) is 0 Å². The number of nitrogens with one attached hydrogen (secondary N) is 2. The van der Waals surface area contributed by atoms with Gasteiger partial charge in [-0.1, -0.05) is 37.5 Å². The summed E-state index contributed by atoms with van der Waals surface area (Å²) in [5.74, 6) is 0.660. The molecule has 1 aliphatic carbocycles. The highest BCUT2D eigenvalue weighted by molar-refractivity contribution is 6.34. The number of anilines is 1. The first-order valence-electron chi connectivity index (χ1n) is 8.96. The predicted molar refractivity (Wildman–Crippen MR) is 102 cm³/mol. The molecule has 1 saturated carbocycles. The third-order valence-corrected chi connectivity index (χ3v) is 4.43. The van der Waals surface area contributed by atoms with Crippen molar-refractivity contribution in [3.05, 3.63) is 40.5 Å². The summed E-state index contributed by atoms with van der Waals surface area (Å²) in [5, 5.41) is 9.89. The molecule has 2 amide bonds. The third-order valence-electron chi connectivity index (χ3n) is 4.11. The molecule has 1 heterocycles. The van der Waals surface area contributed by atoms with Crippen molar-refractivity contribution in [2.75, 3.05) is 5.32 Å². The molecular weight excluding hydrogens is 368 g/mol. The topological polar surface area (TPSA) is 97.1 Å². The van der Waals surface area contributed by atoms with Gasteiger partial charge in [-0.2, -0.15) is 4.98 Å². The van der Waals surface area contributed by atoms with Crippen LogP contribution < -0.4 is 10.6 Å². The quantitative estimate of drug-likeness (QED) is 0.786. The number of carbonyl (C=O) groups excluding carboxylic acids is 2. The maximum atomic E-state index is 12.2. The van der Waals surface area contributed by atoms with Gasteiger partial charge in [-0.05, 0) is 31.0 Å². The van der Waals surface area contributed by atoms with Gasteiger partial charge in [0.15, 0.2) is 5.82 Å². The summed E-state index contributed by atoms with van der Waals surface area (Å²) >= 11 is 6.18. The second-order valence-electron chi connectivity index (χ2n) is 7.75. The normalized spacial score (nSPS) is 14.1. The molecule has 0 atom stereocenters. The van der Waals surface area contributed by atoms with E-state index in [2.05, 4.69) is 20.8 Å². The van der Waals surface area contributed by atoms with Crippen molar-refractivity contribution in [3.63, 3.8) is 0 Å². The monoisotopic (exact) mass is 390 g/mol. The molecule has 2 aromatic rings. The average Bonchev–Trinajstić information content (AvgIpc) is 3.24. The minimum absolute atomic E-state index is 0.188. The minimum atomic E-state index is -0.200. The summed E-state index contributed by atoms with van der Waals surface area (Å²) in [5.41, 5.74) is 0.741. The van der Waals surface area contributed by atoms with E-state index in [1.165, 1.54) is 0 Å². The highest BCUT2D eigenvalue weighted by Gasteiger charge is 2.25. The number of hydrogen-bond donors (Lipinski definition) is 2. The van der Waals surface area contributed by atoms with Crippen molar-refractivity contribution in [1.29, 1.82) is 0 Å². The van der Waals surface area contributed by atoms with Crippen LogP contribution in [0.15, 0.2) is 22.7 Å². The van der Waals surface area contributed by atoms with E-state index in [4.69, 9.17) is 16.1 Å². The Hall–Kier alpha value is -2.41. The second kappa shape index (κ2) is 7.68. The molecule has 7 nitrogen and oxygen atoms in total. The standard InChI is InChI=1S/C19H23ClN4O3/c1-19(2,3)18-23-16(27-24-18)9-8-15(25)21-12-6-7-13(14(20)10-12)17(26)22-11-4-5-11/h6-7,10-11H,4-5,8-9H2,1-3H3,(H,21,25)(H,22,26). The van der Waals surface area contributed by atoms with Crippen LogP contribution in [0.5, 0.6) is 0 Å². The second-order valence-corrected chi connectivity index (χ2v) is 8.16. The van der Waals surface area contributed by atoms with Crippen LogP contribution in [-0.4, -0.2) is 28.0 Å². The van der Waals surface area contributed by atoms with Gasteiger partial charge >= 0.3 is 0 Å². The van der Waals surface area contributed by atoms with Crippen LogP contribution in [-0.2, 0) is 16.6 Å². The summed E-state index contributed by atoms with van der Waals surface area (Å²) < 4.78 is 5.18. The molecule has 0 saturated heterocycles. The van der Waals surface area contributed by atoms with Crippen LogP contribution in [0.25, 0.3) is 0 Å². The third kappa shape index (κ3) is 5.29. The van der Waals surface area contributed by atoms with Crippen molar-refractivity contribution in [3.8, 4) is 0 Å². The summed E-state index contributed by atoms with van der Waals surface area (Å²) in [6.07, 6.45) is 2.57. The molecule has 0 spiro atoms. The zero-order valence-corrected chi connectivity index (χ0v) is 16.4. The lowest BCUT2D eigenvalue weighted by Gasteiger charge is -2.10. The van der Waals surface area contributed by atoms with Crippen LogP contribution in [0.1, 0.15) is 62.1 Å². The van der Waals surface area contributed by atoms with Gasteiger partial charge in [-0.15, -0.1) is 0 Å². The molecule has 0 unspecified atom stereocenters. The molecule has 0 aliphatic heterocycles. The molecule has 27 heavy (non-hydrogen) atoms. The van der Waals surface area contributed by atoms with Gasteiger partial charge < -0.3 is 15.2 Å².